The predicted molar refractivity (Wildman–Crippen MR) is 104 cm³/mol. The number of aromatic nitrogens is 2. The molecule has 0 fully saturated rings. The van der Waals surface area contributed by atoms with Gasteiger partial charge in [0, 0.05) is 5.56 Å². The molecule has 134 valence electrons. The Labute approximate surface area is 163 Å². The third kappa shape index (κ3) is 4.16. The van der Waals surface area contributed by atoms with Crippen LogP contribution in [0.1, 0.15) is 10.4 Å². The van der Waals surface area contributed by atoms with Crippen LogP contribution < -0.4 is 10.1 Å². The quantitative estimate of drug-likeness (QED) is 0.481. The van der Waals surface area contributed by atoms with Crippen molar-refractivity contribution < 1.29 is 13.9 Å². The van der Waals surface area contributed by atoms with Gasteiger partial charge in [-0.25, -0.2) is 0 Å². The zero-order chi connectivity index (χ0) is 18.6. The van der Waals surface area contributed by atoms with E-state index in [4.69, 9.17) is 20.8 Å². The third-order valence-corrected chi connectivity index (χ3v) is 4.72. The van der Waals surface area contributed by atoms with E-state index >= 15 is 0 Å². The van der Waals surface area contributed by atoms with Gasteiger partial charge in [0.25, 0.3) is 11.8 Å². The number of carbonyl (C=O) groups excluding carboxylic acids is 1. The molecule has 4 aromatic rings. The molecule has 0 aliphatic heterocycles. The van der Waals surface area contributed by atoms with Crippen LogP contribution in [-0.4, -0.2) is 16.1 Å². The van der Waals surface area contributed by atoms with Crippen molar-refractivity contribution in [2.75, 3.05) is 5.32 Å². The fourth-order valence-electron chi connectivity index (χ4n) is 2.30. The standard InChI is InChI=1S/C19H12ClN3O3S/c20-16-10-9-15(27-16)18-22-23-19(26-18)21-17(24)12-5-4-8-14(11-12)25-13-6-2-1-3-7-13/h1-11H,(H,21,23,24). The number of hydrogen-bond acceptors (Lipinski definition) is 6. The lowest BCUT2D eigenvalue weighted by Crippen LogP contribution is -2.12. The van der Waals surface area contributed by atoms with Crippen molar-refractivity contribution in [2.45, 2.75) is 0 Å². The second-order valence-electron chi connectivity index (χ2n) is 5.41. The minimum Gasteiger partial charge on any atom is -0.457 e. The second-order valence-corrected chi connectivity index (χ2v) is 7.13. The Morgan fingerprint density at radius 1 is 1.00 bits per heavy atom. The third-order valence-electron chi connectivity index (χ3n) is 3.50. The predicted octanol–water partition coefficient (Wildman–Crippen LogP) is 5.50. The summed E-state index contributed by atoms with van der Waals surface area (Å²) >= 11 is 7.21. The van der Waals surface area contributed by atoms with Crippen LogP contribution in [0.3, 0.4) is 0 Å². The van der Waals surface area contributed by atoms with E-state index in [0.29, 0.717) is 27.3 Å². The van der Waals surface area contributed by atoms with Gasteiger partial charge in [0.15, 0.2) is 0 Å². The summed E-state index contributed by atoms with van der Waals surface area (Å²) in [5.41, 5.74) is 0.405. The molecule has 0 unspecified atom stereocenters. The normalized spacial score (nSPS) is 10.6. The molecular formula is C19H12ClN3O3S. The van der Waals surface area contributed by atoms with Gasteiger partial charge in [0.2, 0.25) is 0 Å². The lowest BCUT2D eigenvalue weighted by atomic mass is 10.2. The minimum atomic E-state index is -0.382. The molecule has 0 aliphatic carbocycles. The molecule has 2 aromatic carbocycles. The van der Waals surface area contributed by atoms with Gasteiger partial charge in [0.05, 0.1) is 9.21 Å². The van der Waals surface area contributed by atoms with E-state index in [0.717, 1.165) is 4.88 Å². The van der Waals surface area contributed by atoms with Crippen LogP contribution in [0.2, 0.25) is 4.34 Å². The number of thiophene rings is 1. The van der Waals surface area contributed by atoms with Crippen molar-refractivity contribution in [2.24, 2.45) is 0 Å². The van der Waals surface area contributed by atoms with Gasteiger partial charge in [0.1, 0.15) is 11.5 Å². The molecule has 0 radical (unpaired) electrons. The van der Waals surface area contributed by atoms with Crippen LogP contribution >= 0.6 is 22.9 Å². The number of nitrogens with one attached hydrogen (secondary N) is 1. The first-order valence-corrected chi connectivity index (χ1v) is 9.10. The molecule has 0 atom stereocenters. The molecule has 0 aliphatic rings. The summed E-state index contributed by atoms with van der Waals surface area (Å²) in [4.78, 5) is 13.2. The first kappa shape index (κ1) is 17.3. The van der Waals surface area contributed by atoms with Gasteiger partial charge in [-0.15, -0.1) is 16.4 Å². The molecular weight excluding hydrogens is 386 g/mol. The van der Waals surface area contributed by atoms with E-state index in [1.807, 2.05) is 30.3 Å². The van der Waals surface area contributed by atoms with E-state index in [1.54, 1.807) is 36.4 Å². The number of amides is 1. The monoisotopic (exact) mass is 397 g/mol. The van der Waals surface area contributed by atoms with Gasteiger partial charge in [-0.05, 0) is 42.5 Å². The maximum absolute atomic E-state index is 12.5. The maximum atomic E-state index is 12.5. The Kier molecular flexibility index (Phi) is 4.86. The van der Waals surface area contributed by atoms with Gasteiger partial charge >= 0.3 is 6.01 Å². The molecule has 4 rings (SSSR count). The first-order valence-electron chi connectivity index (χ1n) is 7.91. The number of para-hydroxylation sites is 1. The number of benzene rings is 2. The summed E-state index contributed by atoms with van der Waals surface area (Å²) in [6.07, 6.45) is 0. The summed E-state index contributed by atoms with van der Waals surface area (Å²) in [6.45, 7) is 0. The maximum Gasteiger partial charge on any atom is 0.322 e. The molecule has 0 saturated carbocycles. The van der Waals surface area contributed by atoms with Crippen molar-refractivity contribution in [3.8, 4) is 22.3 Å². The van der Waals surface area contributed by atoms with E-state index < -0.39 is 0 Å². The summed E-state index contributed by atoms with van der Waals surface area (Å²) in [5.74, 6) is 1.15. The van der Waals surface area contributed by atoms with Crippen molar-refractivity contribution in [3.05, 3.63) is 76.6 Å². The summed E-state index contributed by atoms with van der Waals surface area (Å²) in [6, 6.07) is 19.7. The Morgan fingerprint density at radius 2 is 1.81 bits per heavy atom. The van der Waals surface area contributed by atoms with Crippen molar-refractivity contribution in [1.29, 1.82) is 0 Å². The van der Waals surface area contributed by atoms with Crippen LogP contribution in [0, 0.1) is 0 Å². The molecule has 0 spiro atoms. The summed E-state index contributed by atoms with van der Waals surface area (Å²) < 4.78 is 11.8. The SMILES string of the molecule is O=C(Nc1nnc(-c2ccc(Cl)s2)o1)c1cccc(Oc2ccccc2)c1. The number of anilines is 1. The van der Waals surface area contributed by atoms with Gasteiger partial charge in [-0.1, -0.05) is 41.0 Å². The smallest absolute Gasteiger partial charge is 0.322 e. The van der Waals surface area contributed by atoms with Crippen LogP contribution in [0.25, 0.3) is 10.8 Å². The fourth-order valence-corrected chi connectivity index (χ4v) is 3.26. The highest BCUT2D eigenvalue weighted by atomic mass is 35.5. The Balaban J connectivity index is 1.47. The van der Waals surface area contributed by atoms with Crippen molar-refractivity contribution in [3.63, 3.8) is 0 Å². The molecule has 0 bridgehead atoms. The Hall–Kier alpha value is -3.16. The fraction of sp³-hybridized carbons (Fsp3) is 0. The highest BCUT2D eigenvalue weighted by Crippen LogP contribution is 2.30. The number of rotatable bonds is 5. The summed E-state index contributed by atoms with van der Waals surface area (Å²) in [5, 5.41) is 10.3. The largest absolute Gasteiger partial charge is 0.457 e. The average Bonchev–Trinajstić information content (AvgIpc) is 3.32. The number of hydrogen-bond donors (Lipinski definition) is 1. The molecule has 2 heterocycles. The van der Waals surface area contributed by atoms with E-state index in [2.05, 4.69) is 15.5 Å². The van der Waals surface area contributed by atoms with Crippen LogP contribution in [0.15, 0.2) is 71.1 Å². The first-order chi connectivity index (χ1) is 13.2. The number of carbonyl (C=O) groups is 1. The highest BCUT2D eigenvalue weighted by Gasteiger charge is 2.14. The van der Waals surface area contributed by atoms with Crippen LogP contribution in [-0.2, 0) is 0 Å². The lowest BCUT2D eigenvalue weighted by Gasteiger charge is -2.07. The molecule has 1 amide bonds. The molecule has 1 N–H and O–H groups in total. The van der Waals surface area contributed by atoms with E-state index in [9.17, 15) is 4.79 Å². The zero-order valence-electron chi connectivity index (χ0n) is 13.8. The Bertz CT molecular complexity index is 1080. The average molecular weight is 398 g/mol. The molecule has 27 heavy (non-hydrogen) atoms. The minimum absolute atomic E-state index is 0.00824. The molecule has 6 nitrogen and oxygen atoms in total. The topological polar surface area (TPSA) is 77.3 Å². The molecule has 0 saturated heterocycles. The van der Waals surface area contributed by atoms with Crippen LogP contribution in [0.5, 0.6) is 11.5 Å². The van der Waals surface area contributed by atoms with Crippen molar-refractivity contribution in [1.82, 2.24) is 10.2 Å². The number of halogens is 1. The molecule has 8 heteroatoms. The second kappa shape index (κ2) is 7.61. The van der Waals surface area contributed by atoms with E-state index in [1.165, 1.54) is 11.3 Å². The Morgan fingerprint density at radius 3 is 2.59 bits per heavy atom. The van der Waals surface area contributed by atoms with Gasteiger partial charge in [-0.2, -0.15) is 0 Å². The van der Waals surface area contributed by atoms with Crippen LogP contribution in [0.4, 0.5) is 6.01 Å². The van der Waals surface area contributed by atoms with E-state index in [-0.39, 0.29) is 11.9 Å². The lowest BCUT2D eigenvalue weighted by molar-refractivity contribution is 0.102. The summed E-state index contributed by atoms with van der Waals surface area (Å²) in [7, 11) is 0. The van der Waals surface area contributed by atoms with Crippen molar-refractivity contribution >= 4 is 34.9 Å². The van der Waals surface area contributed by atoms with Gasteiger partial charge in [-0.3, -0.25) is 10.1 Å². The number of nitrogens with zero attached hydrogens (tertiary/aromatic N) is 2. The highest BCUT2D eigenvalue weighted by molar-refractivity contribution is 7.19. The zero-order valence-corrected chi connectivity index (χ0v) is 15.3. The molecule has 2 aromatic heterocycles. The number of ether oxygens (including phenoxy) is 1. The van der Waals surface area contributed by atoms with Gasteiger partial charge < -0.3 is 9.15 Å².